The maximum Gasteiger partial charge on any atom is 0.161 e. The first kappa shape index (κ1) is 42.8. The molecular weight excluding hydrogens is 855 g/mol. The van der Waals surface area contributed by atoms with Crippen molar-refractivity contribution in [2.24, 2.45) is 27.6 Å². The van der Waals surface area contributed by atoms with Gasteiger partial charge >= 0.3 is 0 Å². The molecule has 4 aromatic heterocycles. The van der Waals surface area contributed by atoms with Crippen LogP contribution in [0.3, 0.4) is 0 Å². The van der Waals surface area contributed by atoms with Gasteiger partial charge in [0.15, 0.2) is 5.78 Å². The van der Waals surface area contributed by atoms with Crippen LogP contribution in [-0.4, -0.2) is 70.1 Å². The Balaban J connectivity index is 0.000000162. The number of methoxy groups -OCH3 is 2. The standard InChI is InChI=1S/C30H30N4O3S.C20H21N5OS/c1-37-26-14-21-16-31-15-20(21)13-23(26)34-29-28-22-9-7-19(12-27(22)38-30(28)33-17-32-29)8-10-24(35)25(36)11-18-5-3-2-4-6-18;1-26-16-6-13-9-22-8-12(13)5-15(16)25-19-18-14-3-2-11(7-21)4-17(14)27-20(18)24-10-23-19/h2-6,13-15,17,19,25,36H,7-12,16H2,1H3,(H,32,33,34);5-6,8,10-11H,2-4,7,9,21H2,1H3,(H,23,24,25)/t19?,25-;/m0./s1. The van der Waals surface area contributed by atoms with E-state index in [1.54, 1.807) is 49.5 Å². The highest BCUT2D eigenvalue weighted by Gasteiger charge is 2.28. The van der Waals surface area contributed by atoms with E-state index in [1.165, 1.54) is 26.4 Å². The number of hydrogen-bond donors (Lipinski definition) is 4. The van der Waals surface area contributed by atoms with Gasteiger partial charge in [-0.3, -0.25) is 14.8 Å². The lowest BCUT2D eigenvalue weighted by atomic mass is 9.84. The van der Waals surface area contributed by atoms with Gasteiger partial charge in [0.25, 0.3) is 0 Å². The van der Waals surface area contributed by atoms with Crippen LogP contribution in [0.1, 0.15) is 74.4 Å². The zero-order chi connectivity index (χ0) is 44.4. The number of ketones is 1. The van der Waals surface area contributed by atoms with Gasteiger partial charge in [0.05, 0.1) is 49.5 Å². The zero-order valence-corrected chi connectivity index (χ0v) is 38.1. The molecule has 0 radical (unpaired) electrons. The summed E-state index contributed by atoms with van der Waals surface area (Å²) in [5, 5.41) is 19.6. The minimum atomic E-state index is -0.938. The Morgan fingerprint density at radius 3 is 1.85 bits per heavy atom. The van der Waals surface area contributed by atoms with Crippen molar-refractivity contribution in [2.45, 2.75) is 77.0 Å². The fourth-order valence-electron chi connectivity index (χ4n) is 9.52. The zero-order valence-electron chi connectivity index (χ0n) is 36.5. The number of nitrogens with two attached hydrogens (primary N) is 1. The van der Waals surface area contributed by atoms with E-state index in [-0.39, 0.29) is 5.78 Å². The van der Waals surface area contributed by atoms with E-state index in [2.05, 4.69) is 58.8 Å². The second-order valence-electron chi connectivity index (χ2n) is 17.2. The Kier molecular flexibility index (Phi) is 12.4. The van der Waals surface area contributed by atoms with Gasteiger partial charge in [-0.05, 0) is 127 Å². The minimum absolute atomic E-state index is 0.0679. The largest absolute Gasteiger partial charge is 0.495 e. The summed E-state index contributed by atoms with van der Waals surface area (Å²) in [6.07, 6.45) is 13.8. The smallest absolute Gasteiger partial charge is 0.161 e. The van der Waals surface area contributed by atoms with Gasteiger partial charge in [-0.25, -0.2) is 19.9 Å². The normalized spacial score (nSPS) is 17.2. The van der Waals surface area contributed by atoms with Crippen LogP contribution in [0.4, 0.5) is 23.0 Å². The average Bonchev–Trinajstić information content (AvgIpc) is 4.15. The number of aromatic nitrogens is 4. The molecule has 0 saturated carbocycles. The third-order valence-electron chi connectivity index (χ3n) is 13.1. The quantitative estimate of drug-likeness (QED) is 0.0868. The molecule has 4 aliphatic rings. The molecule has 3 aromatic carbocycles. The molecule has 2 aliphatic heterocycles. The van der Waals surface area contributed by atoms with E-state index in [0.29, 0.717) is 37.8 Å². The highest BCUT2D eigenvalue weighted by molar-refractivity contribution is 7.19. The molecule has 65 heavy (non-hydrogen) atoms. The van der Waals surface area contributed by atoms with Gasteiger partial charge < -0.3 is 30.9 Å². The number of aliphatic hydroxyl groups excluding tert-OH is 1. The second-order valence-corrected chi connectivity index (χ2v) is 19.3. The number of carbonyl (C=O) groups excluding carboxylic acids is 1. The summed E-state index contributed by atoms with van der Waals surface area (Å²) < 4.78 is 11.3. The second kappa shape index (κ2) is 18.8. The van der Waals surface area contributed by atoms with Crippen LogP contribution in [0, 0.1) is 11.8 Å². The van der Waals surface area contributed by atoms with Crippen molar-refractivity contribution >= 4 is 84.3 Å². The number of thiophene rings is 2. The van der Waals surface area contributed by atoms with Gasteiger partial charge in [0.2, 0.25) is 0 Å². The Bertz CT molecular complexity index is 2970. The Labute approximate surface area is 385 Å². The van der Waals surface area contributed by atoms with Crippen molar-refractivity contribution in [1.82, 2.24) is 19.9 Å². The maximum absolute atomic E-state index is 12.6. The molecule has 0 amide bonds. The monoisotopic (exact) mass is 905 g/mol. The van der Waals surface area contributed by atoms with Crippen LogP contribution in [0.25, 0.3) is 20.4 Å². The maximum atomic E-state index is 12.6. The fraction of sp³-hybridized carbons (Fsp3) is 0.340. The van der Waals surface area contributed by atoms with Gasteiger partial charge in [-0.1, -0.05) is 30.3 Å². The summed E-state index contributed by atoms with van der Waals surface area (Å²) in [4.78, 5) is 44.4. The molecule has 332 valence electrons. The topological polar surface area (TPSA) is 182 Å². The summed E-state index contributed by atoms with van der Waals surface area (Å²) >= 11 is 3.50. The fourth-order valence-corrected chi connectivity index (χ4v) is 12.1. The molecular formula is C50H51N9O4S2. The molecule has 0 fully saturated rings. The molecule has 13 nitrogen and oxygen atoms in total. The van der Waals surface area contributed by atoms with Crippen molar-refractivity contribution in [3.63, 3.8) is 0 Å². The number of aryl methyl sites for hydroxylation is 2. The van der Waals surface area contributed by atoms with E-state index in [0.717, 1.165) is 129 Å². The van der Waals surface area contributed by atoms with Gasteiger partial charge in [-0.2, -0.15) is 0 Å². The highest BCUT2D eigenvalue weighted by atomic mass is 32.1. The summed E-state index contributed by atoms with van der Waals surface area (Å²) in [6, 6.07) is 17.9. The lowest BCUT2D eigenvalue weighted by Gasteiger charge is -2.22. The van der Waals surface area contributed by atoms with Crippen molar-refractivity contribution < 1.29 is 19.4 Å². The molecule has 0 spiro atoms. The Morgan fingerprint density at radius 2 is 1.31 bits per heavy atom. The molecule has 6 heterocycles. The number of fused-ring (bicyclic) bond motifs is 8. The van der Waals surface area contributed by atoms with Gasteiger partial charge in [0.1, 0.15) is 51.6 Å². The highest BCUT2D eigenvalue weighted by Crippen LogP contribution is 2.44. The molecule has 15 heteroatoms. The lowest BCUT2D eigenvalue weighted by molar-refractivity contribution is -0.127. The molecule has 3 atom stereocenters. The minimum Gasteiger partial charge on any atom is -0.495 e. The van der Waals surface area contributed by atoms with Crippen molar-refractivity contribution in [1.29, 1.82) is 0 Å². The molecule has 2 unspecified atom stereocenters. The average molecular weight is 906 g/mol. The number of anilines is 4. The molecule has 2 aliphatic carbocycles. The lowest BCUT2D eigenvalue weighted by Crippen LogP contribution is -2.24. The van der Waals surface area contributed by atoms with Crippen LogP contribution in [0.5, 0.6) is 11.5 Å². The van der Waals surface area contributed by atoms with Crippen LogP contribution >= 0.6 is 22.7 Å². The summed E-state index contributed by atoms with van der Waals surface area (Å²) in [6.45, 7) is 2.14. The molecule has 7 aromatic rings. The predicted octanol–water partition coefficient (Wildman–Crippen LogP) is 8.87. The number of nitrogens with zero attached hydrogens (tertiary/aromatic N) is 6. The third-order valence-corrected chi connectivity index (χ3v) is 15.4. The molecule has 0 saturated heterocycles. The van der Waals surface area contributed by atoms with E-state index >= 15 is 0 Å². The van der Waals surface area contributed by atoms with Gasteiger partial charge in [0, 0.05) is 35.0 Å². The number of aliphatic hydroxyl groups is 1. The molecule has 11 rings (SSSR count). The number of nitrogens with one attached hydrogen (secondary N) is 2. The van der Waals surface area contributed by atoms with Crippen LogP contribution in [0.2, 0.25) is 0 Å². The SMILES string of the molecule is COc1cc2c(cc1Nc1ncnc3sc4c(c13)CCC(CCC(=O)[C@@H](O)Cc1ccccc1)C4)C=NC2.COc1cc2c(cc1Nc1ncnc3sc4c(c13)CCC(CN)C4)C=NC2. The third kappa shape index (κ3) is 8.85. The summed E-state index contributed by atoms with van der Waals surface area (Å²) in [5.41, 5.74) is 15.9. The van der Waals surface area contributed by atoms with E-state index in [4.69, 9.17) is 15.2 Å². The number of benzene rings is 3. The van der Waals surface area contributed by atoms with Crippen molar-refractivity contribution in [3.8, 4) is 11.5 Å². The van der Waals surface area contributed by atoms with Gasteiger partial charge in [-0.15, -0.1) is 22.7 Å². The first-order valence-electron chi connectivity index (χ1n) is 22.3. The summed E-state index contributed by atoms with van der Waals surface area (Å²) in [7, 11) is 3.37. The van der Waals surface area contributed by atoms with E-state index < -0.39 is 6.10 Å². The van der Waals surface area contributed by atoms with Crippen LogP contribution in [0.15, 0.2) is 77.2 Å². The Hall–Kier alpha value is -6.13. The Morgan fingerprint density at radius 1 is 0.769 bits per heavy atom. The van der Waals surface area contributed by atoms with Crippen LogP contribution in [-0.2, 0) is 50.0 Å². The molecule has 5 N–H and O–H groups in total. The van der Waals surface area contributed by atoms with E-state index in [9.17, 15) is 9.90 Å². The predicted molar refractivity (Wildman–Crippen MR) is 260 cm³/mol. The molecule has 0 bridgehead atoms. The first-order valence-corrected chi connectivity index (χ1v) is 23.9. The number of carbonyl (C=O) groups is 1. The van der Waals surface area contributed by atoms with Crippen molar-refractivity contribution in [3.05, 3.63) is 116 Å². The number of Topliss-reactive ketones (excluding diaryl/α,β-unsaturated/α-hetero) is 1. The van der Waals surface area contributed by atoms with Crippen molar-refractivity contribution in [2.75, 3.05) is 31.4 Å². The summed E-state index contributed by atoms with van der Waals surface area (Å²) in [5.74, 6) is 4.13. The first-order chi connectivity index (χ1) is 31.8. The number of rotatable bonds is 13. The number of hydrogen-bond acceptors (Lipinski definition) is 15. The van der Waals surface area contributed by atoms with Crippen LogP contribution < -0.4 is 25.8 Å². The van der Waals surface area contributed by atoms with E-state index in [1.807, 2.05) is 48.8 Å². The number of aliphatic imine (C=N–C) groups is 2. The number of ether oxygens (including phenoxy) is 2.